The molecular formula is C10H17N3O. The van der Waals surface area contributed by atoms with E-state index < -0.39 is 0 Å². The fourth-order valence-corrected chi connectivity index (χ4v) is 1.90. The molecule has 1 heterocycles. The Morgan fingerprint density at radius 2 is 2.14 bits per heavy atom. The van der Waals surface area contributed by atoms with E-state index in [0.29, 0.717) is 11.8 Å². The molecule has 1 aromatic heterocycles. The van der Waals surface area contributed by atoms with Gasteiger partial charge in [-0.1, -0.05) is 18.0 Å². The summed E-state index contributed by atoms with van der Waals surface area (Å²) >= 11 is 0. The van der Waals surface area contributed by atoms with Crippen molar-refractivity contribution in [2.75, 3.05) is 7.05 Å². The van der Waals surface area contributed by atoms with E-state index in [0.717, 1.165) is 5.82 Å². The topological polar surface area (TPSA) is 51.0 Å². The van der Waals surface area contributed by atoms with Gasteiger partial charge in [-0.25, -0.2) is 0 Å². The summed E-state index contributed by atoms with van der Waals surface area (Å²) in [6.07, 6.45) is 5.03. The van der Waals surface area contributed by atoms with Crippen molar-refractivity contribution in [2.24, 2.45) is 0 Å². The molecule has 1 aliphatic carbocycles. The van der Waals surface area contributed by atoms with Crippen molar-refractivity contribution in [1.82, 2.24) is 15.5 Å². The lowest BCUT2D eigenvalue weighted by molar-refractivity contribution is 0.341. The zero-order chi connectivity index (χ0) is 9.97. The molecule has 2 rings (SSSR count). The van der Waals surface area contributed by atoms with E-state index in [-0.39, 0.29) is 6.04 Å². The molecule has 1 aromatic rings. The molecule has 78 valence electrons. The number of aromatic nitrogens is 2. The Kier molecular flexibility index (Phi) is 2.82. The lowest BCUT2D eigenvalue weighted by Crippen LogP contribution is -2.12. The van der Waals surface area contributed by atoms with E-state index in [9.17, 15) is 0 Å². The van der Waals surface area contributed by atoms with E-state index in [4.69, 9.17) is 4.52 Å². The predicted octanol–water partition coefficient (Wildman–Crippen LogP) is 2.01. The van der Waals surface area contributed by atoms with Gasteiger partial charge >= 0.3 is 0 Å². The number of hydrogen-bond acceptors (Lipinski definition) is 4. The van der Waals surface area contributed by atoms with Crippen molar-refractivity contribution >= 4 is 0 Å². The summed E-state index contributed by atoms with van der Waals surface area (Å²) < 4.78 is 5.21. The molecule has 0 bridgehead atoms. The zero-order valence-electron chi connectivity index (χ0n) is 8.79. The Labute approximate surface area is 84.1 Å². The second kappa shape index (κ2) is 4.09. The number of nitrogens with one attached hydrogen (secondary N) is 1. The highest BCUT2D eigenvalue weighted by atomic mass is 16.5. The van der Waals surface area contributed by atoms with Gasteiger partial charge in [-0.05, 0) is 26.8 Å². The third kappa shape index (κ3) is 1.80. The fourth-order valence-electron chi connectivity index (χ4n) is 1.90. The highest BCUT2D eigenvalue weighted by molar-refractivity contribution is 4.99. The van der Waals surface area contributed by atoms with Gasteiger partial charge in [0.25, 0.3) is 0 Å². The third-order valence-corrected chi connectivity index (χ3v) is 2.98. The molecule has 14 heavy (non-hydrogen) atoms. The average molecular weight is 195 g/mol. The summed E-state index contributed by atoms with van der Waals surface area (Å²) in [5.74, 6) is 2.14. The summed E-state index contributed by atoms with van der Waals surface area (Å²) in [5, 5.41) is 7.13. The van der Waals surface area contributed by atoms with Crippen LogP contribution in [0.4, 0.5) is 0 Å². The first-order valence-corrected chi connectivity index (χ1v) is 5.32. The fraction of sp³-hybridized carbons (Fsp3) is 0.800. The van der Waals surface area contributed by atoms with Gasteiger partial charge in [0.15, 0.2) is 5.82 Å². The van der Waals surface area contributed by atoms with Crippen molar-refractivity contribution < 1.29 is 4.52 Å². The molecule has 1 aliphatic rings. The monoisotopic (exact) mass is 195 g/mol. The molecule has 0 amide bonds. The van der Waals surface area contributed by atoms with E-state index in [2.05, 4.69) is 15.5 Å². The van der Waals surface area contributed by atoms with E-state index in [1.807, 2.05) is 14.0 Å². The molecule has 1 fully saturated rings. The maximum Gasteiger partial charge on any atom is 0.243 e. The van der Waals surface area contributed by atoms with Crippen LogP contribution in [0.25, 0.3) is 0 Å². The second-order valence-corrected chi connectivity index (χ2v) is 3.98. The highest BCUT2D eigenvalue weighted by Crippen LogP contribution is 2.32. The summed E-state index contributed by atoms with van der Waals surface area (Å²) in [4.78, 5) is 4.42. The Balaban J connectivity index is 2.08. The van der Waals surface area contributed by atoms with Crippen LogP contribution in [-0.2, 0) is 0 Å². The van der Waals surface area contributed by atoms with Gasteiger partial charge in [0.1, 0.15) is 0 Å². The Morgan fingerprint density at radius 1 is 1.43 bits per heavy atom. The van der Waals surface area contributed by atoms with Crippen molar-refractivity contribution in [3.8, 4) is 0 Å². The van der Waals surface area contributed by atoms with Gasteiger partial charge < -0.3 is 9.84 Å². The lowest BCUT2D eigenvalue weighted by atomic mass is 10.1. The van der Waals surface area contributed by atoms with Gasteiger partial charge in [-0.2, -0.15) is 4.98 Å². The van der Waals surface area contributed by atoms with Crippen LogP contribution >= 0.6 is 0 Å². The average Bonchev–Trinajstić information content (AvgIpc) is 2.86. The molecule has 1 unspecified atom stereocenters. The van der Waals surface area contributed by atoms with Crippen LogP contribution in [0.15, 0.2) is 4.52 Å². The summed E-state index contributed by atoms with van der Waals surface area (Å²) in [6, 6.07) is 0.151. The summed E-state index contributed by atoms with van der Waals surface area (Å²) in [5.41, 5.74) is 0. The SMILES string of the molecule is CNC(C)c1nc(C2CCCC2)no1. The van der Waals surface area contributed by atoms with Crippen molar-refractivity contribution in [3.63, 3.8) is 0 Å². The van der Waals surface area contributed by atoms with Crippen molar-refractivity contribution in [1.29, 1.82) is 0 Å². The maximum atomic E-state index is 5.21. The molecule has 1 saturated carbocycles. The number of nitrogens with zero attached hydrogens (tertiary/aromatic N) is 2. The largest absolute Gasteiger partial charge is 0.338 e. The summed E-state index contributed by atoms with van der Waals surface area (Å²) in [6.45, 7) is 2.02. The van der Waals surface area contributed by atoms with Gasteiger partial charge in [-0.3, -0.25) is 0 Å². The molecule has 0 radical (unpaired) electrons. The molecular weight excluding hydrogens is 178 g/mol. The van der Waals surface area contributed by atoms with Gasteiger partial charge in [0.2, 0.25) is 5.89 Å². The predicted molar refractivity (Wildman–Crippen MR) is 53.0 cm³/mol. The van der Waals surface area contributed by atoms with Gasteiger partial charge in [-0.15, -0.1) is 0 Å². The first kappa shape index (κ1) is 9.65. The molecule has 4 heteroatoms. The summed E-state index contributed by atoms with van der Waals surface area (Å²) in [7, 11) is 1.89. The Morgan fingerprint density at radius 3 is 2.79 bits per heavy atom. The lowest BCUT2D eigenvalue weighted by Gasteiger charge is -2.02. The first-order chi connectivity index (χ1) is 6.81. The van der Waals surface area contributed by atoms with Crippen molar-refractivity contribution in [3.05, 3.63) is 11.7 Å². The molecule has 4 nitrogen and oxygen atoms in total. The van der Waals surface area contributed by atoms with Gasteiger partial charge in [0, 0.05) is 5.92 Å². The minimum absolute atomic E-state index is 0.151. The number of hydrogen-bond donors (Lipinski definition) is 1. The Hall–Kier alpha value is -0.900. The van der Waals surface area contributed by atoms with Crippen molar-refractivity contribution in [2.45, 2.75) is 44.6 Å². The highest BCUT2D eigenvalue weighted by Gasteiger charge is 2.23. The Bertz CT molecular complexity index is 291. The molecule has 0 spiro atoms. The minimum atomic E-state index is 0.151. The molecule has 0 aliphatic heterocycles. The van der Waals surface area contributed by atoms with Crippen LogP contribution in [0, 0.1) is 0 Å². The standard InChI is InChI=1S/C10H17N3O/c1-7(11-2)10-12-9(13-14-10)8-5-3-4-6-8/h7-8,11H,3-6H2,1-2H3. The van der Waals surface area contributed by atoms with E-state index in [1.54, 1.807) is 0 Å². The van der Waals surface area contributed by atoms with Gasteiger partial charge in [0.05, 0.1) is 6.04 Å². The maximum absolute atomic E-state index is 5.21. The smallest absolute Gasteiger partial charge is 0.243 e. The molecule has 1 N–H and O–H groups in total. The zero-order valence-corrected chi connectivity index (χ0v) is 8.79. The number of rotatable bonds is 3. The second-order valence-electron chi connectivity index (χ2n) is 3.98. The first-order valence-electron chi connectivity index (χ1n) is 5.32. The van der Waals surface area contributed by atoms with Crippen LogP contribution in [0.3, 0.4) is 0 Å². The molecule has 0 saturated heterocycles. The third-order valence-electron chi connectivity index (χ3n) is 2.98. The van der Waals surface area contributed by atoms with Crippen LogP contribution in [-0.4, -0.2) is 17.2 Å². The quantitative estimate of drug-likeness (QED) is 0.801. The van der Waals surface area contributed by atoms with Crippen LogP contribution in [0.2, 0.25) is 0 Å². The van der Waals surface area contributed by atoms with Crippen LogP contribution < -0.4 is 5.32 Å². The molecule has 0 aromatic carbocycles. The van der Waals surface area contributed by atoms with Crippen LogP contribution in [0.5, 0.6) is 0 Å². The van der Waals surface area contributed by atoms with E-state index in [1.165, 1.54) is 25.7 Å². The van der Waals surface area contributed by atoms with E-state index >= 15 is 0 Å². The van der Waals surface area contributed by atoms with Crippen LogP contribution in [0.1, 0.15) is 56.3 Å². The normalized spacial score (nSPS) is 20.1. The molecule has 1 atom stereocenters. The minimum Gasteiger partial charge on any atom is -0.338 e.